The standard InChI is InChI=1S/C17H28N4O2.HI/c1-3-18-17(20-9-10-22-4-2)21-12-15-7-8-19-16(11-15)23-13-14-5-6-14;/h7-8,11,14H,3-6,9-10,12-13H2,1-2H3,(H2,18,20,21);1H. The Morgan fingerprint density at radius 1 is 1.33 bits per heavy atom. The van der Waals surface area contributed by atoms with Crippen LogP contribution in [0.3, 0.4) is 0 Å². The van der Waals surface area contributed by atoms with Gasteiger partial charge in [-0.25, -0.2) is 9.98 Å². The van der Waals surface area contributed by atoms with Gasteiger partial charge in [-0.2, -0.15) is 0 Å². The van der Waals surface area contributed by atoms with E-state index in [9.17, 15) is 0 Å². The summed E-state index contributed by atoms with van der Waals surface area (Å²) in [4.78, 5) is 8.84. The normalized spacial score (nSPS) is 14.0. The Morgan fingerprint density at radius 2 is 2.17 bits per heavy atom. The summed E-state index contributed by atoms with van der Waals surface area (Å²) in [6.45, 7) is 8.39. The van der Waals surface area contributed by atoms with Crippen molar-refractivity contribution in [2.45, 2.75) is 33.2 Å². The lowest BCUT2D eigenvalue weighted by Gasteiger charge is -2.11. The maximum atomic E-state index is 5.71. The molecule has 0 atom stereocenters. The maximum Gasteiger partial charge on any atom is 0.213 e. The molecular weight excluding hydrogens is 419 g/mol. The van der Waals surface area contributed by atoms with Gasteiger partial charge in [0.1, 0.15) is 0 Å². The van der Waals surface area contributed by atoms with Crippen molar-refractivity contribution in [3.05, 3.63) is 23.9 Å². The maximum absolute atomic E-state index is 5.71. The summed E-state index contributed by atoms with van der Waals surface area (Å²) in [5, 5.41) is 6.48. The predicted molar refractivity (Wildman–Crippen MR) is 107 cm³/mol. The van der Waals surface area contributed by atoms with E-state index in [1.807, 2.05) is 19.1 Å². The molecule has 0 spiro atoms. The number of ether oxygens (including phenoxy) is 2. The van der Waals surface area contributed by atoms with Crippen molar-refractivity contribution in [2.24, 2.45) is 10.9 Å². The molecule has 0 bridgehead atoms. The van der Waals surface area contributed by atoms with E-state index in [1.165, 1.54) is 12.8 Å². The first-order chi connectivity index (χ1) is 11.3. The number of halogens is 1. The van der Waals surface area contributed by atoms with Gasteiger partial charge in [-0.1, -0.05) is 0 Å². The van der Waals surface area contributed by atoms with Crippen LogP contribution in [0.2, 0.25) is 0 Å². The molecule has 0 radical (unpaired) electrons. The van der Waals surface area contributed by atoms with Crippen molar-refractivity contribution in [1.82, 2.24) is 15.6 Å². The Kier molecular flexibility index (Phi) is 10.7. The molecule has 2 N–H and O–H groups in total. The number of aliphatic imine (C=N–C) groups is 1. The number of guanidine groups is 1. The van der Waals surface area contributed by atoms with Crippen LogP contribution < -0.4 is 15.4 Å². The quantitative estimate of drug-likeness (QED) is 0.249. The third kappa shape index (κ3) is 8.68. The molecule has 1 aromatic heterocycles. The lowest BCUT2D eigenvalue weighted by atomic mass is 10.3. The van der Waals surface area contributed by atoms with Gasteiger partial charge in [0.15, 0.2) is 5.96 Å². The second-order valence-electron chi connectivity index (χ2n) is 5.58. The molecule has 1 aliphatic carbocycles. The van der Waals surface area contributed by atoms with Gasteiger partial charge in [0.25, 0.3) is 0 Å². The fraction of sp³-hybridized carbons (Fsp3) is 0.647. The first-order valence-corrected chi connectivity index (χ1v) is 8.49. The van der Waals surface area contributed by atoms with Gasteiger partial charge in [0.2, 0.25) is 5.88 Å². The van der Waals surface area contributed by atoms with Gasteiger partial charge in [-0.05, 0) is 44.2 Å². The smallest absolute Gasteiger partial charge is 0.213 e. The zero-order valence-electron chi connectivity index (χ0n) is 14.6. The van der Waals surface area contributed by atoms with Gasteiger partial charge in [-0.3, -0.25) is 0 Å². The van der Waals surface area contributed by atoms with Crippen LogP contribution in [0.1, 0.15) is 32.3 Å². The number of hydrogen-bond donors (Lipinski definition) is 2. The van der Waals surface area contributed by atoms with Crippen LogP contribution in [0.5, 0.6) is 5.88 Å². The topological polar surface area (TPSA) is 67.8 Å². The average molecular weight is 448 g/mol. The molecule has 24 heavy (non-hydrogen) atoms. The van der Waals surface area contributed by atoms with Crippen LogP contribution in [0.25, 0.3) is 0 Å². The molecule has 1 fully saturated rings. The number of pyridine rings is 1. The van der Waals surface area contributed by atoms with Crippen LogP contribution in [-0.4, -0.2) is 43.9 Å². The van der Waals surface area contributed by atoms with E-state index in [2.05, 4.69) is 27.5 Å². The third-order valence-electron chi connectivity index (χ3n) is 3.47. The van der Waals surface area contributed by atoms with Gasteiger partial charge in [-0.15, -0.1) is 24.0 Å². The number of nitrogens with zero attached hydrogens (tertiary/aromatic N) is 2. The fourth-order valence-corrected chi connectivity index (χ4v) is 2.01. The molecule has 1 saturated carbocycles. The van der Waals surface area contributed by atoms with Gasteiger partial charge >= 0.3 is 0 Å². The Morgan fingerprint density at radius 3 is 2.88 bits per heavy atom. The Bertz CT molecular complexity index is 495. The number of rotatable bonds is 10. The molecule has 136 valence electrons. The van der Waals surface area contributed by atoms with Gasteiger partial charge < -0.3 is 20.1 Å². The van der Waals surface area contributed by atoms with Crippen LogP contribution in [0.15, 0.2) is 23.3 Å². The van der Waals surface area contributed by atoms with Crippen molar-refractivity contribution < 1.29 is 9.47 Å². The van der Waals surface area contributed by atoms with E-state index in [0.29, 0.717) is 19.0 Å². The molecule has 0 saturated heterocycles. The molecule has 1 heterocycles. The Hall–Kier alpha value is -1.09. The predicted octanol–water partition coefficient (Wildman–Crippen LogP) is 2.58. The zero-order chi connectivity index (χ0) is 16.3. The second kappa shape index (κ2) is 12.3. The molecule has 0 unspecified atom stereocenters. The zero-order valence-corrected chi connectivity index (χ0v) is 16.9. The third-order valence-corrected chi connectivity index (χ3v) is 3.47. The lowest BCUT2D eigenvalue weighted by Crippen LogP contribution is -2.39. The number of hydrogen-bond acceptors (Lipinski definition) is 4. The van der Waals surface area contributed by atoms with Crippen molar-refractivity contribution in [3.63, 3.8) is 0 Å². The van der Waals surface area contributed by atoms with Crippen molar-refractivity contribution in [2.75, 3.05) is 32.9 Å². The Labute approximate surface area is 161 Å². The van der Waals surface area contributed by atoms with Crippen LogP contribution >= 0.6 is 24.0 Å². The molecule has 7 heteroatoms. The highest BCUT2D eigenvalue weighted by Gasteiger charge is 2.22. The summed E-state index contributed by atoms with van der Waals surface area (Å²) in [5.41, 5.74) is 1.09. The van der Waals surface area contributed by atoms with E-state index in [4.69, 9.17) is 9.47 Å². The molecule has 1 aromatic rings. The fourth-order valence-electron chi connectivity index (χ4n) is 2.01. The highest BCUT2D eigenvalue weighted by Crippen LogP contribution is 2.29. The summed E-state index contributed by atoms with van der Waals surface area (Å²) in [6, 6.07) is 3.94. The minimum atomic E-state index is 0. The molecule has 1 aliphatic rings. The summed E-state index contributed by atoms with van der Waals surface area (Å²) in [6.07, 6.45) is 4.34. The van der Waals surface area contributed by atoms with Gasteiger partial charge in [0.05, 0.1) is 19.8 Å². The van der Waals surface area contributed by atoms with Gasteiger partial charge in [0, 0.05) is 32.0 Å². The molecule has 2 rings (SSSR count). The monoisotopic (exact) mass is 448 g/mol. The summed E-state index contributed by atoms with van der Waals surface area (Å²) in [7, 11) is 0. The number of aromatic nitrogens is 1. The van der Waals surface area contributed by atoms with Crippen molar-refractivity contribution >= 4 is 29.9 Å². The van der Waals surface area contributed by atoms with Crippen molar-refractivity contribution in [1.29, 1.82) is 0 Å². The minimum absolute atomic E-state index is 0. The van der Waals surface area contributed by atoms with Crippen LogP contribution in [0.4, 0.5) is 0 Å². The van der Waals surface area contributed by atoms with E-state index in [0.717, 1.165) is 43.7 Å². The number of nitrogens with one attached hydrogen (secondary N) is 2. The molecule has 0 aromatic carbocycles. The molecule has 0 aliphatic heterocycles. The van der Waals surface area contributed by atoms with E-state index < -0.39 is 0 Å². The second-order valence-corrected chi connectivity index (χ2v) is 5.58. The summed E-state index contributed by atoms with van der Waals surface area (Å²) >= 11 is 0. The first kappa shape index (κ1) is 21.0. The van der Waals surface area contributed by atoms with E-state index in [1.54, 1.807) is 6.20 Å². The average Bonchev–Trinajstić information content (AvgIpc) is 3.39. The minimum Gasteiger partial charge on any atom is -0.477 e. The molecule has 0 amide bonds. The highest BCUT2D eigenvalue weighted by atomic mass is 127. The largest absolute Gasteiger partial charge is 0.477 e. The molecule has 6 nitrogen and oxygen atoms in total. The first-order valence-electron chi connectivity index (χ1n) is 8.49. The summed E-state index contributed by atoms with van der Waals surface area (Å²) in [5.74, 6) is 2.22. The summed E-state index contributed by atoms with van der Waals surface area (Å²) < 4.78 is 11.0. The van der Waals surface area contributed by atoms with Crippen molar-refractivity contribution in [3.8, 4) is 5.88 Å². The molecular formula is C17H29IN4O2. The Balaban J connectivity index is 0.00000288. The van der Waals surface area contributed by atoms with Crippen LogP contribution in [0, 0.1) is 5.92 Å². The van der Waals surface area contributed by atoms with E-state index in [-0.39, 0.29) is 24.0 Å². The highest BCUT2D eigenvalue weighted by molar-refractivity contribution is 14.0. The van der Waals surface area contributed by atoms with Crippen LogP contribution in [-0.2, 0) is 11.3 Å². The SMILES string of the molecule is CCNC(=NCc1ccnc(OCC2CC2)c1)NCCOCC.I. The lowest BCUT2D eigenvalue weighted by molar-refractivity contribution is 0.152. The van der Waals surface area contributed by atoms with E-state index >= 15 is 0 Å².